The van der Waals surface area contributed by atoms with Crippen molar-refractivity contribution in [3.63, 3.8) is 0 Å². The molecule has 0 N–H and O–H groups in total. The zero-order valence-electron chi connectivity index (χ0n) is 17.5. The van der Waals surface area contributed by atoms with Crippen LogP contribution in [0, 0.1) is 16.7 Å². The number of benzene rings is 1. The first-order valence-corrected chi connectivity index (χ1v) is 12.4. The van der Waals surface area contributed by atoms with Crippen molar-refractivity contribution in [1.29, 1.82) is 0 Å². The minimum atomic E-state index is -3.61. The van der Waals surface area contributed by atoms with Crippen LogP contribution in [0.15, 0.2) is 29.2 Å². The number of sulfonamides is 1. The van der Waals surface area contributed by atoms with E-state index >= 15 is 0 Å². The fourth-order valence-corrected chi connectivity index (χ4v) is 7.72. The van der Waals surface area contributed by atoms with Crippen molar-refractivity contribution in [2.75, 3.05) is 19.6 Å². The average molecular weight is 439 g/mol. The molecule has 3 atom stereocenters. The van der Waals surface area contributed by atoms with Crippen molar-refractivity contribution in [3.8, 4) is 0 Å². The molecule has 1 aromatic carbocycles. The Hall–Kier alpha value is -1.11. The summed E-state index contributed by atoms with van der Waals surface area (Å²) in [4.78, 5) is 15.8. The zero-order valence-corrected chi connectivity index (χ0v) is 19.1. The molecular formula is C22H31ClN2O3S. The molecule has 0 unspecified atom stereocenters. The molecule has 4 rings (SSSR count). The van der Waals surface area contributed by atoms with Gasteiger partial charge in [-0.2, -0.15) is 4.31 Å². The fourth-order valence-electron chi connectivity index (χ4n) is 6.07. The standard InChI is InChI=1S/C22H31ClN2O3S/c1-21(2)11-18-12-22(3,14-21)15-25(18)20(26)16-5-4-10-24(13-16)29(27,28)19-8-6-17(23)7-9-19/h6-9,16,18H,4-5,10-15H2,1-3H3/t16-,18-,22+/m0/s1. The van der Waals surface area contributed by atoms with Gasteiger partial charge in [-0.25, -0.2) is 8.42 Å². The lowest BCUT2D eigenvalue weighted by Crippen LogP contribution is -2.48. The van der Waals surface area contributed by atoms with Gasteiger partial charge < -0.3 is 4.90 Å². The Morgan fingerprint density at radius 1 is 1.14 bits per heavy atom. The monoisotopic (exact) mass is 438 g/mol. The van der Waals surface area contributed by atoms with Crippen molar-refractivity contribution in [1.82, 2.24) is 9.21 Å². The number of likely N-dealkylation sites (tertiary alicyclic amines) is 1. The third-order valence-electron chi connectivity index (χ3n) is 6.88. The van der Waals surface area contributed by atoms with Crippen LogP contribution in [0.4, 0.5) is 0 Å². The first-order valence-electron chi connectivity index (χ1n) is 10.6. The number of hydrogen-bond acceptors (Lipinski definition) is 3. The normalized spacial score (nSPS) is 32.3. The molecule has 1 aromatic rings. The second kappa shape index (κ2) is 7.24. The lowest BCUT2D eigenvalue weighted by Gasteiger charge is -2.40. The Balaban J connectivity index is 1.50. The van der Waals surface area contributed by atoms with E-state index in [0.29, 0.717) is 24.0 Å². The Bertz CT molecular complexity index is 899. The Labute approximate surface area is 179 Å². The topological polar surface area (TPSA) is 57.7 Å². The highest BCUT2D eigenvalue weighted by Gasteiger charge is 2.52. The summed E-state index contributed by atoms with van der Waals surface area (Å²) in [5.41, 5.74) is 0.440. The molecule has 0 spiro atoms. The predicted octanol–water partition coefficient (Wildman–Crippen LogP) is 4.17. The molecule has 0 radical (unpaired) electrons. The van der Waals surface area contributed by atoms with Gasteiger partial charge in [0.1, 0.15) is 0 Å². The fraction of sp³-hybridized carbons (Fsp3) is 0.682. The number of carbonyl (C=O) groups is 1. The highest BCUT2D eigenvalue weighted by molar-refractivity contribution is 7.89. The summed E-state index contributed by atoms with van der Waals surface area (Å²) >= 11 is 5.90. The quantitative estimate of drug-likeness (QED) is 0.711. The molecule has 0 aromatic heterocycles. The number of fused-ring (bicyclic) bond motifs is 2. The Kier molecular flexibility index (Phi) is 5.28. The molecule has 7 heteroatoms. The Morgan fingerprint density at radius 3 is 2.52 bits per heavy atom. The summed E-state index contributed by atoms with van der Waals surface area (Å²) < 4.78 is 27.6. The van der Waals surface area contributed by atoms with E-state index in [1.165, 1.54) is 16.4 Å². The number of amides is 1. The number of nitrogens with zero attached hydrogens (tertiary/aromatic N) is 2. The van der Waals surface area contributed by atoms with Gasteiger partial charge in [0.05, 0.1) is 10.8 Å². The predicted molar refractivity (Wildman–Crippen MR) is 114 cm³/mol. The number of rotatable bonds is 3. The molecule has 1 amide bonds. The summed E-state index contributed by atoms with van der Waals surface area (Å²) in [5, 5.41) is 0.507. The highest BCUT2D eigenvalue weighted by Crippen LogP contribution is 2.52. The second-order valence-corrected chi connectivity index (χ2v) is 12.7. The third kappa shape index (κ3) is 4.08. The number of piperidine rings is 1. The summed E-state index contributed by atoms with van der Waals surface area (Å²) in [5.74, 6) is -0.107. The summed E-state index contributed by atoms with van der Waals surface area (Å²) in [6, 6.07) is 6.55. The summed E-state index contributed by atoms with van der Waals surface area (Å²) in [6.45, 7) is 8.43. The van der Waals surface area contributed by atoms with E-state index in [1.807, 2.05) is 0 Å². The van der Waals surface area contributed by atoms with E-state index < -0.39 is 10.0 Å². The van der Waals surface area contributed by atoms with E-state index in [4.69, 9.17) is 11.6 Å². The van der Waals surface area contributed by atoms with Crippen LogP contribution < -0.4 is 0 Å². The molecule has 29 heavy (non-hydrogen) atoms. The van der Waals surface area contributed by atoms with Crippen LogP contribution in [-0.4, -0.2) is 49.2 Å². The molecule has 2 saturated heterocycles. The largest absolute Gasteiger partial charge is 0.339 e. The zero-order chi connectivity index (χ0) is 21.0. The van der Waals surface area contributed by atoms with Crippen LogP contribution in [0.3, 0.4) is 0 Å². The van der Waals surface area contributed by atoms with Crippen LogP contribution in [0.5, 0.6) is 0 Å². The molecule has 5 nitrogen and oxygen atoms in total. The van der Waals surface area contributed by atoms with Gasteiger partial charge in [0.2, 0.25) is 15.9 Å². The Morgan fingerprint density at radius 2 is 1.83 bits per heavy atom. The van der Waals surface area contributed by atoms with Gasteiger partial charge in [-0.3, -0.25) is 4.79 Å². The van der Waals surface area contributed by atoms with Crippen molar-refractivity contribution in [2.24, 2.45) is 16.7 Å². The van der Waals surface area contributed by atoms with Gasteiger partial charge in [-0.05, 0) is 67.2 Å². The van der Waals surface area contributed by atoms with Gasteiger partial charge >= 0.3 is 0 Å². The minimum Gasteiger partial charge on any atom is -0.339 e. The highest BCUT2D eigenvalue weighted by atomic mass is 35.5. The lowest BCUT2D eigenvalue weighted by molar-refractivity contribution is -0.137. The third-order valence-corrected chi connectivity index (χ3v) is 9.01. The SMILES string of the molecule is CC1(C)C[C@H]2C[C@@](C)(CN2C(=O)[C@H]2CCCN(S(=O)(=O)c3ccc(Cl)cc3)C2)C1. The van der Waals surface area contributed by atoms with Crippen molar-refractivity contribution in [2.45, 2.75) is 63.8 Å². The van der Waals surface area contributed by atoms with Crippen LogP contribution in [0.1, 0.15) is 52.9 Å². The first kappa shape index (κ1) is 21.1. The van der Waals surface area contributed by atoms with Crippen molar-refractivity contribution >= 4 is 27.5 Å². The molecule has 3 aliphatic rings. The first-order chi connectivity index (χ1) is 13.5. The second-order valence-electron chi connectivity index (χ2n) is 10.3. The number of carbonyl (C=O) groups excluding carboxylic acids is 1. The van der Waals surface area contributed by atoms with Crippen LogP contribution in [0.2, 0.25) is 5.02 Å². The van der Waals surface area contributed by atoms with Gasteiger partial charge in [0, 0.05) is 30.7 Å². The molecular weight excluding hydrogens is 408 g/mol. The molecule has 2 bridgehead atoms. The summed E-state index contributed by atoms with van der Waals surface area (Å²) in [6.07, 6.45) is 4.72. The maximum atomic E-state index is 13.4. The number of hydrogen-bond donors (Lipinski definition) is 0. The van der Waals surface area contributed by atoms with E-state index in [0.717, 1.165) is 32.2 Å². The van der Waals surface area contributed by atoms with E-state index in [9.17, 15) is 13.2 Å². The van der Waals surface area contributed by atoms with E-state index in [2.05, 4.69) is 25.7 Å². The molecule has 3 fully saturated rings. The van der Waals surface area contributed by atoms with Crippen LogP contribution in [0.25, 0.3) is 0 Å². The van der Waals surface area contributed by atoms with Crippen LogP contribution in [-0.2, 0) is 14.8 Å². The average Bonchev–Trinajstić information content (AvgIpc) is 2.90. The maximum Gasteiger partial charge on any atom is 0.243 e. The van der Waals surface area contributed by atoms with Crippen molar-refractivity contribution in [3.05, 3.63) is 29.3 Å². The molecule has 1 aliphatic carbocycles. The molecule has 2 aliphatic heterocycles. The van der Waals surface area contributed by atoms with E-state index in [1.54, 1.807) is 12.1 Å². The maximum absolute atomic E-state index is 13.4. The van der Waals surface area contributed by atoms with E-state index in [-0.39, 0.29) is 34.1 Å². The lowest BCUT2D eigenvalue weighted by atomic mass is 9.65. The number of halogens is 1. The minimum absolute atomic E-state index is 0.146. The van der Waals surface area contributed by atoms with Gasteiger partial charge in [-0.15, -0.1) is 0 Å². The molecule has 160 valence electrons. The van der Waals surface area contributed by atoms with Crippen molar-refractivity contribution < 1.29 is 13.2 Å². The molecule has 1 saturated carbocycles. The molecule has 2 heterocycles. The summed E-state index contributed by atoms with van der Waals surface area (Å²) in [7, 11) is -3.61. The van der Waals surface area contributed by atoms with Crippen LogP contribution >= 0.6 is 11.6 Å². The van der Waals surface area contributed by atoms with Gasteiger partial charge in [0.15, 0.2) is 0 Å². The van der Waals surface area contributed by atoms with Gasteiger partial charge in [0.25, 0.3) is 0 Å². The van der Waals surface area contributed by atoms with Gasteiger partial charge in [-0.1, -0.05) is 32.4 Å². The smallest absolute Gasteiger partial charge is 0.243 e.